The SMILES string of the molecule is Cc1csc(CNc2nc(Cl)nc3c(C)c(CC(C)N)sc23)n1. The molecule has 5 nitrogen and oxygen atoms in total. The normalized spacial score (nSPS) is 12.7. The number of aromatic nitrogens is 3. The molecule has 0 saturated carbocycles. The van der Waals surface area contributed by atoms with Crippen molar-refractivity contribution in [2.75, 3.05) is 5.32 Å². The molecule has 0 aliphatic heterocycles. The van der Waals surface area contributed by atoms with Crippen molar-refractivity contribution in [1.82, 2.24) is 15.0 Å². The molecule has 8 heteroatoms. The molecule has 1 atom stereocenters. The summed E-state index contributed by atoms with van der Waals surface area (Å²) in [5, 5.41) is 6.66. The molecule has 0 fully saturated rings. The third-order valence-electron chi connectivity index (χ3n) is 3.42. The first-order valence-corrected chi connectivity index (χ1v) is 9.37. The van der Waals surface area contributed by atoms with Crippen LogP contribution in [0.15, 0.2) is 5.38 Å². The van der Waals surface area contributed by atoms with Crippen LogP contribution in [0, 0.1) is 13.8 Å². The first-order chi connectivity index (χ1) is 10.9. The van der Waals surface area contributed by atoms with Crippen molar-refractivity contribution in [3.8, 4) is 0 Å². The molecule has 0 aliphatic rings. The maximum atomic E-state index is 6.10. The average molecular weight is 368 g/mol. The van der Waals surface area contributed by atoms with Crippen molar-refractivity contribution in [2.24, 2.45) is 5.73 Å². The van der Waals surface area contributed by atoms with Crippen LogP contribution in [0.1, 0.15) is 28.1 Å². The van der Waals surface area contributed by atoms with E-state index in [0.29, 0.717) is 6.54 Å². The molecule has 0 radical (unpaired) electrons. The topological polar surface area (TPSA) is 76.7 Å². The summed E-state index contributed by atoms with van der Waals surface area (Å²) in [6, 6.07) is 0.111. The van der Waals surface area contributed by atoms with Crippen molar-refractivity contribution in [2.45, 2.75) is 39.8 Å². The quantitative estimate of drug-likeness (QED) is 0.668. The number of anilines is 1. The maximum Gasteiger partial charge on any atom is 0.224 e. The zero-order valence-corrected chi connectivity index (χ0v) is 15.6. The number of hydrogen-bond acceptors (Lipinski definition) is 7. The number of fused-ring (bicyclic) bond motifs is 1. The minimum atomic E-state index is 0.111. The van der Waals surface area contributed by atoms with E-state index in [4.69, 9.17) is 17.3 Å². The molecule has 0 aromatic carbocycles. The Kier molecular flexibility index (Phi) is 4.82. The number of halogens is 1. The number of nitrogens with two attached hydrogens (primary N) is 1. The molecule has 3 aromatic heterocycles. The van der Waals surface area contributed by atoms with Gasteiger partial charge in [-0.2, -0.15) is 4.98 Å². The average Bonchev–Trinajstić information content (AvgIpc) is 3.02. The van der Waals surface area contributed by atoms with Crippen LogP contribution in [-0.4, -0.2) is 21.0 Å². The lowest BCUT2D eigenvalue weighted by molar-refractivity contribution is 0.744. The molecular formula is C15H18ClN5S2. The summed E-state index contributed by atoms with van der Waals surface area (Å²) in [4.78, 5) is 14.4. The third-order valence-corrected chi connectivity index (χ3v) is 5.86. The Hall–Kier alpha value is -1.28. The van der Waals surface area contributed by atoms with Gasteiger partial charge in [-0.1, -0.05) is 0 Å². The Morgan fingerprint density at radius 2 is 2.09 bits per heavy atom. The lowest BCUT2D eigenvalue weighted by Crippen LogP contribution is -2.17. The first-order valence-electron chi connectivity index (χ1n) is 7.30. The van der Waals surface area contributed by atoms with Gasteiger partial charge >= 0.3 is 0 Å². The van der Waals surface area contributed by atoms with Crippen LogP contribution >= 0.6 is 34.3 Å². The number of aryl methyl sites for hydroxylation is 2. The Balaban J connectivity index is 1.95. The third kappa shape index (κ3) is 3.63. The Morgan fingerprint density at radius 3 is 2.74 bits per heavy atom. The van der Waals surface area contributed by atoms with Crippen LogP contribution in [-0.2, 0) is 13.0 Å². The van der Waals surface area contributed by atoms with Gasteiger partial charge in [0.15, 0.2) is 0 Å². The number of nitrogens with zero attached hydrogens (tertiary/aromatic N) is 3. The second kappa shape index (κ2) is 6.68. The lowest BCUT2D eigenvalue weighted by atomic mass is 10.1. The van der Waals surface area contributed by atoms with E-state index >= 15 is 0 Å². The van der Waals surface area contributed by atoms with Crippen LogP contribution in [0.3, 0.4) is 0 Å². The first kappa shape index (κ1) is 16.6. The number of rotatable bonds is 5. The van der Waals surface area contributed by atoms with Gasteiger partial charge in [0.1, 0.15) is 10.8 Å². The van der Waals surface area contributed by atoms with E-state index in [9.17, 15) is 0 Å². The lowest BCUT2D eigenvalue weighted by Gasteiger charge is -2.05. The van der Waals surface area contributed by atoms with Gasteiger partial charge in [-0.25, -0.2) is 9.97 Å². The molecule has 3 rings (SSSR count). The van der Waals surface area contributed by atoms with E-state index in [0.717, 1.165) is 38.7 Å². The van der Waals surface area contributed by atoms with Gasteiger partial charge in [0.05, 0.1) is 16.8 Å². The summed E-state index contributed by atoms with van der Waals surface area (Å²) in [6.07, 6.45) is 0.829. The largest absolute Gasteiger partial charge is 0.362 e. The Morgan fingerprint density at radius 1 is 1.30 bits per heavy atom. The molecule has 0 bridgehead atoms. The number of thiophene rings is 1. The smallest absolute Gasteiger partial charge is 0.224 e. The van der Waals surface area contributed by atoms with Gasteiger partial charge in [0, 0.05) is 22.0 Å². The number of nitrogens with one attached hydrogen (secondary N) is 1. The van der Waals surface area contributed by atoms with E-state index in [1.165, 1.54) is 4.88 Å². The van der Waals surface area contributed by atoms with Crippen LogP contribution in [0.2, 0.25) is 5.28 Å². The monoisotopic (exact) mass is 367 g/mol. The van der Waals surface area contributed by atoms with E-state index in [1.807, 2.05) is 19.2 Å². The fourth-order valence-corrected chi connectivity index (χ4v) is 4.59. The van der Waals surface area contributed by atoms with Gasteiger partial charge in [-0.3, -0.25) is 0 Å². The maximum absolute atomic E-state index is 6.10. The highest BCUT2D eigenvalue weighted by atomic mass is 35.5. The fraction of sp³-hybridized carbons (Fsp3) is 0.400. The minimum Gasteiger partial charge on any atom is -0.362 e. The predicted molar refractivity (Wildman–Crippen MR) is 98.7 cm³/mol. The predicted octanol–water partition coefficient (Wildman–Crippen LogP) is 3.92. The van der Waals surface area contributed by atoms with Crippen molar-refractivity contribution >= 4 is 50.3 Å². The molecule has 0 spiro atoms. The molecule has 1 unspecified atom stereocenters. The van der Waals surface area contributed by atoms with Gasteiger partial charge < -0.3 is 11.1 Å². The van der Waals surface area contributed by atoms with Crippen molar-refractivity contribution in [1.29, 1.82) is 0 Å². The van der Waals surface area contributed by atoms with E-state index in [1.54, 1.807) is 22.7 Å². The molecule has 23 heavy (non-hydrogen) atoms. The standard InChI is InChI=1S/C15H18ClN5S2/c1-7(17)4-10-9(3)12-13(23-10)14(21-15(16)20-12)18-5-11-19-8(2)6-22-11/h6-7H,4-5,17H2,1-3H3,(H,18,20,21). The molecule has 3 N–H and O–H groups in total. The summed E-state index contributed by atoms with van der Waals surface area (Å²) in [7, 11) is 0. The van der Waals surface area contributed by atoms with Crippen molar-refractivity contribution in [3.05, 3.63) is 31.8 Å². The highest BCUT2D eigenvalue weighted by Crippen LogP contribution is 2.35. The van der Waals surface area contributed by atoms with E-state index < -0.39 is 0 Å². The summed E-state index contributed by atoms with van der Waals surface area (Å²) < 4.78 is 1.02. The Labute approximate surface area is 147 Å². The molecule has 3 aromatic rings. The van der Waals surface area contributed by atoms with E-state index in [2.05, 4.69) is 27.2 Å². The summed E-state index contributed by atoms with van der Waals surface area (Å²) in [5.74, 6) is 0.761. The van der Waals surface area contributed by atoms with Crippen LogP contribution in [0.25, 0.3) is 10.2 Å². The van der Waals surface area contributed by atoms with Gasteiger partial charge in [-0.15, -0.1) is 22.7 Å². The molecule has 0 saturated heterocycles. The summed E-state index contributed by atoms with van der Waals surface area (Å²) in [5.41, 5.74) is 9.02. The van der Waals surface area contributed by atoms with Gasteiger partial charge in [0.2, 0.25) is 5.28 Å². The zero-order chi connectivity index (χ0) is 16.6. The van der Waals surface area contributed by atoms with Crippen LogP contribution in [0.4, 0.5) is 5.82 Å². The van der Waals surface area contributed by atoms with Crippen LogP contribution < -0.4 is 11.1 Å². The van der Waals surface area contributed by atoms with Crippen molar-refractivity contribution in [3.63, 3.8) is 0 Å². The van der Waals surface area contributed by atoms with Crippen LogP contribution in [0.5, 0.6) is 0 Å². The molecule has 3 heterocycles. The Bertz CT molecular complexity index is 840. The zero-order valence-electron chi connectivity index (χ0n) is 13.2. The summed E-state index contributed by atoms with van der Waals surface area (Å²) >= 11 is 9.42. The van der Waals surface area contributed by atoms with Gasteiger partial charge in [-0.05, 0) is 44.4 Å². The van der Waals surface area contributed by atoms with E-state index in [-0.39, 0.29) is 11.3 Å². The number of hydrogen-bond donors (Lipinski definition) is 2. The minimum absolute atomic E-state index is 0.111. The molecule has 0 aliphatic carbocycles. The number of thiazole rings is 1. The van der Waals surface area contributed by atoms with Gasteiger partial charge in [0.25, 0.3) is 0 Å². The molecular weight excluding hydrogens is 350 g/mol. The second-order valence-electron chi connectivity index (χ2n) is 5.59. The highest BCUT2D eigenvalue weighted by molar-refractivity contribution is 7.19. The molecule has 0 amide bonds. The second-order valence-corrected chi connectivity index (χ2v) is 7.97. The van der Waals surface area contributed by atoms with Crippen molar-refractivity contribution < 1.29 is 0 Å². The summed E-state index contributed by atoms with van der Waals surface area (Å²) in [6.45, 7) is 6.68. The molecule has 122 valence electrons. The fourth-order valence-electron chi connectivity index (χ4n) is 2.36. The highest BCUT2D eigenvalue weighted by Gasteiger charge is 2.16.